The third kappa shape index (κ3) is 7.76. The van der Waals surface area contributed by atoms with Crippen LogP contribution in [0.5, 0.6) is 5.75 Å². The molecular formula is C16H26N2O5S. The van der Waals surface area contributed by atoms with Gasteiger partial charge in [0.2, 0.25) is 15.9 Å². The molecular weight excluding hydrogens is 332 g/mol. The highest BCUT2D eigenvalue weighted by atomic mass is 32.2. The third-order valence-corrected chi connectivity index (χ3v) is 5.06. The van der Waals surface area contributed by atoms with E-state index >= 15 is 0 Å². The topological polar surface area (TPSA) is 93.7 Å². The molecule has 0 bridgehead atoms. The van der Waals surface area contributed by atoms with Crippen molar-refractivity contribution in [3.63, 3.8) is 0 Å². The molecule has 0 atom stereocenters. The molecule has 0 aliphatic heterocycles. The Balaban J connectivity index is 2.29. The molecule has 0 radical (unpaired) electrons. The van der Waals surface area contributed by atoms with Gasteiger partial charge in [-0.05, 0) is 38.8 Å². The van der Waals surface area contributed by atoms with Gasteiger partial charge in [0.1, 0.15) is 5.75 Å². The number of nitrogens with one attached hydrogen (secondary N) is 2. The lowest BCUT2D eigenvalue weighted by Gasteiger charge is -2.10. The van der Waals surface area contributed by atoms with Gasteiger partial charge in [-0.3, -0.25) is 4.79 Å². The number of unbranched alkanes of at least 4 members (excludes halogenated alkanes) is 1. The summed E-state index contributed by atoms with van der Waals surface area (Å²) in [4.78, 5) is 11.9. The number of benzene rings is 1. The fourth-order valence-electron chi connectivity index (χ4n) is 1.81. The largest absolute Gasteiger partial charge is 0.467 e. The van der Waals surface area contributed by atoms with Crippen LogP contribution in [-0.2, 0) is 19.6 Å². The molecule has 0 unspecified atom stereocenters. The van der Waals surface area contributed by atoms with Gasteiger partial charge in [-0.1, -0.05) is 6.07 Å². The molecule has 136 valence electrons. The number of amides is 1. The first kappa shape index (κ1) is 20.4. The number of methoxy groups -OCH3 is 1. The molecule has 24 heavy (non-hydrogen) atoms. The molecule has 2 N–H and O–H groups in total. The van der Waals surface area contributed by atoms with Crippen LogP contribution in [0.3, 0.4) is 0 Å². The van der Waals surface area contributed by atoms with E-state index in [1.807, 2.05) is 0 Å². The number of sulfonamides is 1. The zero-order valence-electron chi connectivity index (χ0n) is 14.4. The Hall–Kier alpha value is -1.64. The van der Waals surface area contributed by atoms with Crippen LogP contribution in [-0.4, -0.2) is 40.0 Å². The van der Waals surface area contributed by atoms with E-state index in [4.69, 9.17) is 9.47 Å². The third-order valence-electron chi connectivity index (χ3n) is 3.22. The van der Waals surface area contributed by atoms with Crippen LogP contribution in [0.25, 0.3) is 0 Å². The summed E-state index contributed by atoms with van der Waals surface area (Å²) in [5.41, 5.74) is 0.647. The van der Waals surface area contributed by atoms with Crippen molar-refractivity contribution in [2.24, 2.45) is 0 Å². The molecule has 0 heterocycles. The molecule has 0 saturated carbocycles. The van der Waals surface area contributed by atoms with E-state index in [-0.39, 0.29) is 12.7 Å². The van der Waals surface area contributed by atoms with Gasteiger partial charge in [0.25, 0.3) is 0 Å². The molecule has 1 amide bonds. The Kier molecular flexibility index (Phi) is 8.73. The Labute approximate surface area is 143 Å². The Bertz CT molecular complexity index is 617. The second kappa shape index (κ2) is 10.3. The van der Waals surface area contributed by atoms with Crippen molar-refractivity contribution in [2.75, 3.05) is 25.8 Å². The second-order valence-electron chi connectivity index (χ2n) is 5.57. The van der Waals surface area contributed by atoms with E-state index in [0.717, 1.165) is 0 Å². The smallest absolute Gasteiger partial charge is 0.224 e. The Morgan fingerprint density at radius 1 is 1.25 bits per heavy atom. The number of carbonyl (C=O) groups excluding carboxylic acids is 1. The van der Waals surface area contributed by atoms with Crippen LogP contribution in [0.4, 0.5) is 5.69 Å². The quantitative estimate of drug-likeness (QED) is 0.467. The Morgan fingerprint density at radius 3 is 2.67 bits per heavy atom. The van der Waals surface area contributed by atoms with E-state index in [1.54, 1.807) is 38.1 Å². The van der Waals surface area contributed by atoms with Gasteiger partial charge < -0.3 is 14.8 Å². The number of hydrogen-bond acceptors (Lipinski definition) is 5. The maximum atomic E-state index is 11.9. The van der Waals surface area contributed by atoms with Crippen LogP contribution >= 0.6 is 0 Å². The molecule has 1 rings (SSSR count). The average molecular weight is 358 g/mol. The number of hydrogen-bond donors (Lipinski definition) is 2. The summed E-state index contributed by atoms with van der Waals surface area (Å²) in [5.74, 6) is 0.489. The van der Waals surface area contributed by atoms with Crippen molar-refractivity contribution in [3.8, 4) is 5.75 Å². The predicted octanol–water partition coefficient (Wildman–Crippen LogP) is 2.11. The molecule has 0 spiro atoms. The minimum Gasteiger partial charge on any atom is -0.467 e. The summed E-state index contributed by atoms with van der Waals surface area (Å²) in [5, 5.41) is 2.34. The number of carbonyl (C=O) groups is 1. The first-order valence-corrected chi connectivity index (χ1v) is 9.40. The molecule has 0 aliphatic rings. The van der Waals surface area contributed by atoms with Gasteiger partial charge in [0, 0.05) is 31.8 Å². The van der Waals surface area contributed by atoms with Crippen molar-refractivity contribution < 1.29 is 22.7 Å². The highest BCUT2D eigenvalue weighted by Gasteiger charge is 2.14. The predicted molar refractivity (Wildman–Crippen MR) is 93.5 cm³/mol. The molecule has 0 saturated heterocycles. The van der Waals surface area contributed by atoms with E-state index < -0.39 is 15.3 Å². The normalized spacial score (nSPS) is 11.5. The number of anilines is 1. The molecule has 0 aliphatic carbocycles. The zero-order chi connectivity index (χ0) is 18.0. The van der Waals surface area contributed by atoms with Gasteiger partial charge in [-0.25, -0.2) is 13.1 Å². The van der Waals surface area contributed by atoms with Crippen LogP contribution in [0, 0.1) is 0 Å². The van der Waals surface area contributed by atoms with Gasteiger partial charge in [0.05, 0.1) is 5.25 Å². The molecule has 0 aromatic heterocycles. The molecule has 1 aromatic rings. The van der Waals surface area contributed by atoms with Crippen molar-refractivity contribution in [1.29, 1.82) is 0 Å². The van der Waals surface area contributed by atoms with Crippen molar-refractivity contribution >= 4 is 21.6 Å². The standard InChI is InChI=1S/C16H26N2O5S/c1-13(2)24(20,21)17-10-5-4-9-16(19)18-14-7-6-8-15(11-14)23-12-22-3/h6-8,11,13,17H,4-5,9-10,12H2,1-3H3,(H,18,19). The summed E-state index contributed by atoms with van der Waals surface area (Å²) in [6.07, 6.45) is 1.54. The lowest BCUT2D eigenvalue weighted by molar-refractivity contribution is -0.116. The van der Waals surface area contributed by atoms with E-state index in [1.165, 1.54) is 7.11 Å². The minimum absolute atomic E-state index is 0.120. The van der Waals surface area contributed by atoms with E-state index in [0.29, 0.717) is 37.2 Å². The monoisotopic (exact) mass is 358 g/mol. The number of rotatable bonds is 11. The summed E-state index contributed by atoms with van der Waals surface area (Å²) in [7, 11) is -1.70. The lowest BCUT2D eigenvalue weighted by Crippen LogP contribution is -2.31. The first-order valence-electron chi connectivity index (χ1n) is 7.85. The van der Waals surface area contributed by atoms with Crippen LogP contribution in [0.2, 0.25) is 0 Å². The lowest BCUT2D eigenvalue weighted by atomic mass is 10.2. The summed E-state index contributed by atoms with van der Waals surface area (Å²) in [6, 6.07) is 7.04. The van der Waals surface area contributed by atoms with Gasteiger partial charge >= 0.3 is 0 Å². The van der Waals surface area contributed by atoms with E-state index in [9.17, 15) is 13.2 Å². The summed E-state index contributed by atoms with van der Waals surface area (Å²) < 4.78 is 35.8. The molecule has 1 aromatic carbocycles. The minimum atomic E-state index is -3.23. The molecule has 8 heteroatoms. The van der Waals surface area contributed by atoms with Crippen molar-refractivity contribution in [2.45, 2.75) is 38.4 Å². The number of ether oxygens (including phenoxy) is 2. The maximum absolute atomic E-state index is 11.9. The Morgan fingerprint density at radius 2 is 2.00 bits per heavy atom. The first-order chi connectivity index (χ1) is 11.3. The van der Waals surface area contributed by atoms with Gasteiger partial charge in [-0.15, -0.1) is 0 Å². The fraction of sp³-hybridized carbons (Fsp3) is 0.562. The molecule has 0 fully saturated rings. The second-order valence-corrected chi connectivity index (χ2v) is 7.89. The highest BCUT2D eigenvalue weighted by molar-refractivity contribution is 7.90. The summed E-state index contributed by atoms with van der Waals surface area (Å²) in [6.45, 7) is 3.73. The fourth-order valence-corrected chi connectivity index (χ4v) is 2.57. The van der Waals surface area contributed by atoms with Crippen molar-refractivity contribution in [3.05, 3.63) is 24.3 Å². The maximum Gasteiger partial charge on any atom is 0.224 e. The van der Waals surface area contributed by atoms with Crippen LogP contribution in [0.15, 0.2) is 24.3 Å². The van der Waals surface area contributed by atoms with E-state index in [2.05, 4.69) is 10.0 Å². The zero-order valence-corrected chi connectivity index (χ0v) is 15.2. The SMILES string of the molecule is COCOc1cccc(NC(=O)CCCCNS(=O)(=O)C(C)C)c1. The van der Waals surface area contributed by atoms with Gasteiger partial charge in [0.15, 0.2) is 6.79 Å². The molecule has 7 nitrogen and oxygen atoms in total. The average Bonchev–Trinajstić information content (AvgIpc) is 2.52. The highest BCUT2D eigenvalue weighted by Crippen LogP contribution is 2.17. The van der Waals surface area contributed by atoms with Crippen LogP contribution < -0.4 is 14.8 Å². The van der Waals surface area contributed by atoms with Gasteiger partial charge in [-0.2, -0.15) is 0 Å². The van der Waals surface area contributed by atoms with Crippen LogP contribution in [0.1, 0.15) is 33.1 Å². The van der Waals surface area contributed by atoms with Crippen molar-refractivity contribution in [1.82, 2.24) is 4.72 Å². The summed E-state index contributed by atoms with van der Waals surface area (Å²) >= 11 is 0.